The average molecular weight is 424 g/mol. The summed E-state index contributed by atoms with van der Waals surface area (Å²) in [6, 6.07) is 6.17. The van der Waals surface area contributed by atoms with E-state index in [1.54, 1.807) is 24.6 Å². The van der Waals surface area contributed by atoms with E-state index in [0.717, 1.165) is 46.5 Å². The summed E-state index contributed by atoms with van der Waals surface area (Å²) in [6.45, 7) is 3.53. The normalized spacial score (nSPS) is 20.9. The largest absolute Gasteiger partial charge is 0.494 e. The van der Waals surface area contributed by atoms with Gasteiger partial charge in [-0.1, -0.05) is 6.92 Å². The van der Waals surface area contributed by atoms with Crippen molar-refractivity contribution in [2.75, 3.05) is 7.11 Å². The van der Waals surface area contributed by atoms with E-state index in [1.807, 2.05) is 12.1 Å². The van der Waals surface area contributed by atoms with Gasteiger partial charge in [-0.25, -0.2) is 0 Å². The molecule has 2 aliphatic rings. The summed E-state index contributed by atoms with van der Waals surface area (Å²) in [7, 11) is 1.63. The molecular formula is C24H25NO4S. The maximum absolute atomic E-state index is 13.0. The van der Waals surface area contributed by atoms with Crippen LogP contribution in [0.25, 0.3) is 21.3 Å². The zero-order chi connectivity index (χ0) is 21.2. The lowest BCUT2D eigenvalue weighted by Crippen LogP contribution is -2.18. The molecular weight excluding hydrogens is 398 g/mol. The second-order valence-corrected chi connectivity index (χ2v) is 9.65. The van der Waals surface area contributed by atoms with Crippen molar-refractivity contribution in [3.63, 3.8) is 0 Å². The number of hydrogen-bond donors (Lipinski definition) is 1. The van der Waals surface area contributed by atoms with Gasteiger partial charge in [-0.05, 0) is 62.3 Å². The van der Waals surface area contributed by atoms with Gasteiger partial charge < -0.3 is 14.4 Å². The molecule has 1 aromatic carbocycles. The molecule has 3 aromatic rings. The van der Waals surface area contributed by atoms with Crippen molar-refractivity contribution in [3.8, 4) is 16.2 Å². The number of nitrogens with zero attached hydrogens (tertiary/aromatic N) is 1. The number of aliphatic hydroxyl groups excluding tert-OH is 1. The van der Waals surface area contributed by atoms with Gasteiger partial charge in [-0.3, -0.25) is 9.59 Å². The first-order valence-corrected chi connectivity index (χ1v) is 11.3. The summed E-state index contributed by atoms with van der Waals surface area (Å²) in [5, 5.41) is 11.2. The van der Waals surface area contributed by atoms with Gasteiger partial charge in [-0.15, -0.1) is 11.3 Å². The number of aliphatic hydroxyl groups is 1. The van der Waals surface area contributed by atoms with Gasteiger partial charge in [0.05, 0.1) is 29.7 Å². The molecule has 2 aliphatic carbocycles. The van der Waals surface area contributed by atoms with E-state index in [1.165, 1.54) is 12.5 Å². The highest BCUT2D eigenvalue weighted by Crippen LogP contribution is 2.47. The molecule has 30 heavy (non-hydrogen) atoms. The highest BCUT2D eigenvalue weighted by Gasteiger charge is 2.30. The molecule has 0 unspecified atom stereocenters. The summed E-state index contributed by atoms with van der Waals surface area (Å²) in [5.41, 5.74) is 2.87. The van der Waals surface area contributed by atoms with Gasteiger partial charge in [0.15, 0.2) is 17.0 Å². The topological polar surface area (TPSA) is 68.5 Å². The maximum atomic E-state index is 13.0. The molecule has 0 radical (unpaired) electrons. The van der Waals surface area contributed by atoms with Gasteiger partial charge in [-0.2, -0.15) is 0 Å². The van der Waals surface area contributed by atoms with E-state index < -0.39 is 6.10 Å². The summed E-state index contributed by atoms with van der Waals surface area (Å²) >= 11 is 1.61. The molecule has 0 amide bonds. The molecule has 2 aromatic heterocycles. The lowest BCUT2D eigenvalue weighted by molar-refractivity contribution is 0.101. The SMILES string of the molecule is COc1c(-c2cc3c(s2)[C@H](O)[C@@H](C)CC3)ccc2c(=O)c(C(C)=O)cn(C3CC3)c12. The minimum atomic E-state index is -0.429. The molecule has 1 saturated carbocycles. The van der Waals surface area contributed by atoms with Crippen LogP contribution in [-0.2, 0) is 6.42 Å². The lowest BCUT2D eigenvalue weighted by atomic mass is 9.88. The molecule has 0 saturated heterocycles. The van der Waals surface area contributed by atoms with E-state index >= 15 is 0 Å². The second kappa shape index (κ2) is 7.06. The van der Waals surface area contributed by atoms with Crippen LogP contribution in [0.4, 0.5) is 0 Å². The monoisotopic (exact) mass is 423 g/mol. The standard InChI is InChI=1S/C24H25NO4S/c1-12-4-5-14-10-19(30-24(14)21(12)27)16-8-9-17-20(23(16)29-3)25(15-6-7-15)11-18(13(2)26)22(17)28/h8-12,15,21,27H,4-7H2,1-3H3/t12-,21+/m0/s1. The number of methoxy groups -OCH3 is 1. The molecule has 0 spiro atoms. The number of carbonyl (C=O) groups is 1. The Morgan fingerprint density at radius 3 is 2.70 bits per heavy atom. The van der Waals surface area contributed by atoms with Crippen molar-refractivity contribution in [1.29, 1.82) is 0 Å². The Hall–Kier alpha value is -2.44. The third-order valence-electron chi connectivity index (χ3n) is 6.45. The molecule has 5 nitrogen and oxygen atoms in total. The van der Waals surface area contributed by atoms with Crippen molar-refractivity contribution in [3.05, 3.63) is 50.6 Å². The molecule has 156 valence electrons. The number of thiophene rings is 1. The Labute approximate surface area is 178 Å². The van der Waals surface area contributed by atoms with E-state index in [-0.39, 0.29) is 28.7 Å². The third-order valence-corrected chi connectivity index (χ3v) is 7.74. The Balaban J connectivity index is 1.77. The summed E-state index contributed by atoms with van der Waals surface area (Å²) < 4.78 is 7.92. The molecule has 5 rings (SSSR count). The third kappa shape index (κ3) is 2.93. The van der Waals surface area contributed by atoms with E-state index in [4.69, 9.17) is 4.74 Å². The molecule has 0 aliphatic heterocycles. The van der Waals surface area contributed by atoms with Crippen molar-refractivity contribution in [1.82, 2.24) is 4.57 Å². The number of ether oxygens (including phenoxy) is 1. The van der Waals surface area contributed by atoms with Crippen molar-refractivity contribution < 1.29 is 14.6 Å². The van der Waals surface area contributed by atoms with Crippen LogP contribution in [0.3, 0.4) is 0 Å². The number of Topliss-reactive ketones (excluding diaryl/α,β-unsaturated/α-hetero) is 1. The number of rotatable bonds is 4. The van der Waals surface area contributed by atoms with E-state index in [2.05, 4.69) is 17.6 Å². The Bertz CT molecular complexity index is 1230. The quantitative estimate of drug-likeness (QED) is 0.607. The molecule has 6 heteroatoms. The van der Waals surface area contributed by atoms with Crippen LogP contribution in [0.1, 0.15) is 66.1 Å². The number of ketones is 1. The Morgan fingerprint density at radius 1 is 1.27 bits per heavy atom. The number of hydrogen-bond acceptors (Lipinski definition) is 5. The zero-order valence-corrected chi connectivity index (χ0v) is 18.2. The number of carbonyl (C=O) groups excluding carboxylic acids is 1. The second-order valence-electron chi connectivity index (χ2n) is 8.57. The molecule has 2 heterocycles. The first-order chi connectivity index (χ1) is 14.4. The summed E-state index contributed by atoms with van der Waals surface area (Å²) in [6.07, 6.45) is 5.28. The molecule has 1 N–H and O–H groups in total. The van der Waals surface area contributed by atoms with Gasteiger partial charge in [0.25, 0.3) is 0 Å². The summed E-state index contributed by atoms with van der Waals surface area (Å²) in [4.78, 5) is 27.1. The van der Waals surface area contributed by atoms with Crippen LogP contribution in [0.15, 0.2) is 29.2 Å². The first kappa shape index (κ1) is 19.5. The highest BCUT2D eigenvalue weighted by molar-refractivity contribution is 7.15. The van der Waals surface area contributed by atoms with Crippen LogP contribution in [0.5, 0.6) is 5.75 Å². The lowest BCUT2D eigenvalue weighted by Gasteiger charge is -2.24. The zero-order valence-electron chi connectivity index (χ0n) is 17.4. The highest BCUT2D eigenvalue weighted by atomic mass is 32.1. The predicted molar refractivity (Wildman–Crippen MR) is 119 cm³/mol. The van der Waals surface area contributed by atoms with Crippen molar-refractivity contribution >= 4 is 28.0 Å². The van der Waals surface area contributed by atoms with Crippen LogP contribution in [0.2, 0.25) is 0 Å². The predicted octanol–water partition coefficient (Wildman–Crippen LogP) is 4.89. The van der Waals surface area contributed by atoms with Crippen LogP contribution in [0, 0.1) is 5.92 Å². The van der Waals surface area contributed by atoms with Crippen LogP contribution >= 0.6 is 11.3 Å². The molecule has 2 atom stereocenters. The minimum absolute atomic E-state index is 0.214. The average Bonchev–Trinajstić information content (AvgIpc) is 3.48. The van der Waals surface area contributed by atoms with E-state index in [0.29, 0.717) is 11.1 Å². The maximum Gasteiger partial charge on any atom is 0.200 e. The number of pyridine rings is 1. The van der Waals surface area contributed by atoms with Crippen molar-refractivity contribution in [2.24, 2.45) is 5.92 Å². The smallest absolute Gasteiger partial charge is 0.200 e. The number of benzene rings is 1. The number of fused-ring (bicyclic) bond motifs is 2. The number of aryl methyl sites for hydroxylation is 1. The van der Waals surface area contributed by atoms with Gasteiger partial charge in [0, 0.05) is 27.6 Å². The summed E-state index contributed by atoms with van der Waals surface area (Å²) in [5.74, 6) is 0.702. The van der Waals surface area contributed by atoms with Gasteiger partial charge >= 0.3 is 0 Å². The molecule has 0 bridgehead atoms. The fourth-order valence-electron chi connectivity index (χ4n) is 4.53. The fourth-order valence-corrected chi connectivity index (χ4v) is 5.88. The van der Waals surface area contributed by atoms with E-state index in [9.17, 15) is 14.7 Å². The Kier molecular flexibility index (Phi) is 4.60. The van der Waals surface area contributed by atoms with Crippen LogP contribution < -0.4 is 10.2 Å². The fraction of sp³-hybridized carbons (Fsp3) is 0.417. The Morgan fingerprint density at radius 2 is 2.03 bits per heavy atom. The minimum Gasteiger partial charge on any atom is -0.494 e. The first-order valence-electron chi connectivity index (χ1n) is 10.5. The van der Waals surface area contributed by atoms with Gasteiger partial charge in [0.1, 0.15) is 0 Å². The van der Waals surface area contributed by atoms with Gasteiger partial charge in [0.2, 0.25) is 0 Å². The van der Waals surface area contributed by atoms with Crippen LogP contribution in [-0.4, -0.2) is 22.6 Å². The van der Waals surface area contributed by atoms with Crippen molar-refractivity contribution in [2.45, 2.75) is 51.7 Å². The number of aromatic nitrogens is 1. The molecule has 1 fully saturated rings.